The van der Waals surface area contributed by atoms with Gasteiger partial charge < -0.3 is 14.4 Å². The van der Waals surface area contributed by atoms with E-state index < -0.39 is 11.7 Å². The molecule has 6 nitrogen and oxygen atoms in total. The first kappa shape index (κ1) is 22.4. The van der Waals surface area contributed by atoms with Gasteiger partial charge in [0, 0.05) is 38.8 Å². The molecule has 0 unspecified atom stereocenters. The van der Waals surface area contributed by atoms with Crippen molar-refractivity contribution in [3.63, 3.8) is 0 Å². The van der Waals surface area contributed by atoms with Crippen molar-refractivity contribution < 1.29 is 27.4 Å². The van der Waals surface area contributed by atoms with E-state index in [0.29, 0.717) is 55.3 Å². The van der Waals surface area contributed by atoms with E-state index in [2.05, 4.69) is 0 Å². The van der Waals surface area contributed by atoms with Crippen molar-refractivity contribution in [3.8, 4) is 17.6 Å². The van der Waals surface area contributed by atoms with Crippen LogP contribution in [0.4, 0.5) is 13.2 Å². The van der Waals surface area contributed by atoms with Crippen molar-refractivity contribution in [2.24, 2.45) is 0 Å². The minimum absolute atomic E-state index is 0.171. The molecule has 9 heteroatoms. The highest BCUT2D eigenvalue weighted by Gasteiger charge is 2.30. The van der Waals surface area contributed by atoms with Gasteiger partial charge in [-0.1, -0.05) is 18.2 Å². The zero-order chi connectivity index (χ0) is 22.4. The first-order chi connectivity index (χ1) is 14.8. The second kappa shape index (κ2) is 9.71. The number of rotatable bonds is 6. The molecule has 0 aliphatic carbocycles. The number of amides is 1. The van der Waals surface area contributed by atoms with E-state index in [1.54, 1.807) is 23.1 Å². The summed E-state index contributed by atoms with van der Waals surface area (Å²) < 4.78 is 49.4. The van der Waals surface area contributed by atoms with Crippen LogP contribution in [0.15, 0.2) is 42.5 Å². The minimum Gasteiger partial charge on any atom is -0.493 e. The fourth-order valence-electron chi connectivity index (χ4n) is 3.35. The Balaban J connectivity index is 1.50. The number of nitrogens with zero attached hydrogens (tertiary/aromatic N) is 3. The molecule has 0 radical (unpaired) electrons. The van der Waals surface area contributed by atoms with Crippen molar-refractivity contribution in [2.45, 2.75) is 12.7 Å². The summed E-state index contributed by atoms with van der Waals surface area (Å²) in [4.78, 5) is 16.2. The SMILES string of the molecule is COc1cc(C#N)ccc1OCC(=O)N1CCN(Cc2cccc(C(F)(F)F)c2)CC1. The number of carbonyl (C=O) groups is 1. The number of alkyl halides is 3. The quantitative estimate of drug-likeness (QED) is 0.700. The maximum Gasteiger partial charge on any atom is 0.416 e. The molecular weight excluding hydrogens is 411 g/mol. The second-order valence-corrected chi connectivity index (χ2v) is 7.12. The van der Waals surface area contributed by atoms with Gasteiger partial charge in [0.1, 0.15) is 0 Å². The Kier molecular flexibility index (Phi) is 7.02. The van der Waals surface area contributed by atoms with Crippen molar-refractivity contribution in [2.75, 3.05) is 39.9 Å². The summed E-state index contributed by atoms with van der Waals surface area (Å²) >= 11 is 0. The molecule has 0 spiro atoms. The second-order valence-electron chi connectivity index (χ2n) is 7.12. The van der Waals surface area contributed by atoms with Crippen LogP contribution in [-0.2, 0) is 17.5 Å². The molecule has 1 aliphatic heterocycles. The van der Waals surface area contributed by atoms with Gasteiger partial charge in [0.25, 0.3) is 5.91 Å². The lowest BCUT2D eigenvalue weighted by Crippen LogP contribution is -2.49. The van der Waals surface area contributed by atoms with Crippen LogP contribution in [0.25, 0.3) is 0 Å². The lowest BCUT2D eigenvalue weighted by atomic mass is 10.1. The molecule has 0 saturated carbocycles. The highest BCUT2D eigenvalue weighted by atomic mass is 19.4. The van der Waals surface area contributed by atoms with Gasteiger partial charge >= 0.3 is 6.18 Å². The Morgan fingerprint density at radius 3 is 2.48 bits per heavy atom. The van der Waals surface area contributed by atoms with Gasteiger partial charge in [0.05, 0.1) is 24.3 Å². The molecule has 1 fully saturated rings. The van der Waals surface area contributed by atoms with Gasteiger partial charge in [-0.25, -0.2) is 0 Å². The van der Waals surface area contributed by atoms with Crippen LogP contribution in [0.1, 0.15) is 16.7 Å². The Hall–Kier alpha value is -3.25. The Morgan fingerprint density at radius 1 is 1.10 bits per heavy atom. The van der Waals surface area contributed by atoms with Gasteiger partial charge in [0.15, 0.2) is 18.1 Å². The number of halogens is 3. The molecule has 0 aromatic heterocycles. The monoisotopic (exact) mass is 433 g/mol. The zero-order valence-corrected chi connectivity index (χ0v) is 17.0. The van der Waals surface area contributed by atoms with E-state index in [1.807, 2.05) is 11.0 Å². The third-order valence-electron chi connectivity index (χ3n) is 5.03. The summed E-state index contributed by atoms with van der Waals surface area (Å²) in [5.74, 6) is 0.556. The lowest BCUT2D eigenvalue weighted by Gasteiger charge is -2.34. The molecule has 1 amide bonds. The van der Waals surface area contributed by atoms with Crippen LogP contribution in [0.5, 0.6) is 11.5 Å². The van der Waals surface area contributed by atoms with Crippen LogP contribution in [0.2, 0.25) is 0 Å². The summed E-state index contributed by atoms with van der Waals surface area (Å²) in [5, 5.41) is 8.94. The standard InChI is InChI=1S/C22H22F3N3O3/c1-30-20-12-16(13-26)5-6-19(20)31-15-21(29)28-9-7-27(8-10-28)14-17-3-2-4-18(11-17)22(23,24)25/h2-6,11-12H,7-10,14-15H2,1H3. The van der Waals surface area contributed by atoms with Crippen LogP contribution >= 0.6 is 0 Å². The Bertz CT molecular complexity index is 964. The highest BCUT2D eigenvalue weighted by Crippen LogP contribution is 2.30. The molecule has 31 heavy (non-hydrogen) atoms. The third kappa shape index (κ3) is 5.89. The molecule has 0 atom stereocenters. The van der Waals surface area contributed by atoms with Gasteiger partial charge in [-0.05, 0) is 23.8 Å². The fourth-order valence-corrected chi connectivity index (χ4v) is 3.35. The highest BCUT2D eigenvalue weighted by molar-refractivity contribution is 5.78. The van der Waals surface area contributed by atoms with E-state index >= 15 is 0 Å². The third-order valence-corrected chi connectivity index (χ3v) is 5.03. The predicted molar refractivity (Wildman–Crippen MR) is 107 cm³/mol. The zero-order valence-electron chi connectivity index (χ0n) is 17.0. The molecule has 3 rings (SSSR count). The maximum atomic E-state index is 12.9. The summed E-state index contributed by atoms with van der Waals surface area (Å²) in [5.41, 5.74) is 0.354. The number of hydrogen-bond acceptors (Lipinski definition) is 5. The number of ether oxygens (including phenoxy) is 2. The first-order valence-corrected chi connectivity index (χ1v) is 9.67. The molecule has 164 valence electrons. The van der Waals surface area contributed by atoms with Crippen molar-refractivity contribution >= 4 is 5.91 Å². The van der Waals surface area contributed by atoms with E-state index in [9.17, 15) is 18.0 Å². The molecule has 2 aromatic carbocycles. The molecule has 0 bridgehead atoms. The molecule has 0 N–H and O–H groups in total. The van der Waals surface area contributed by atoms with E-state index in [4.69, 9.17) is 14.7 Å². The number of methoxy groups -OCH3 is 1. The molecular formula is C22H22F3N3O3. The Labute approximate surface area is 178 Å². The Morgan fingerprint density at radius 2 is 1.84 bits per heavy atom. The largest absolute Gasteiger partial charge is 0.493 e. The molecule has 1 heterocycles. The number of benzene rings is 2. The number of carbonyl (C=O) groups excluding carboxylic acids is 1. The van der Waals surface area contributed by atoms with Crippen LogP contribution in [0.3, 0.4) is 0 Å². The molecule has 2 aromatic rings. The van der Waals surface area contributed by atoms with Crippen molar-refractivity contribution in [1.29, 1.82) is 5.26 Å². The summed E-state index contributed by atoms with van der Waals surface area (Å²) in [6, 6.07) is 12.0. The maximum absolute atomic E-state index is 12.9. The van der Waals surface area contributed by atoms with E-state index in [0.717, 1.165) is 12.1 Å². The minimum atomic E-state index is -4.36. The first-order valence-electron chi connectivity index (χ1n) is 9.67. The molecule has 1 saturated heterocycles. The average molecular weight is 433 g/mol. The topological polar surface area (TPSA) is 65.8 Å². The van der Waals surface area contributed by atoms with E-state index in [-0.39, 0.29) is 12.5 Å². The average Bonchev–Trinajstić information content (AvgIpc) is 2.77. The van der Waals surface area contributed by atoms with E-state index in [1.165, 1.54) is 19.2 Å². The number of piperazine rings is 1. The van der Waals surface area contributed by atoms with Crippen LogP contribution in [0, 0.1) is 11.3 Å². The van der Waals surface area contributed by atoms with Crippen molar-refractivity contribution in [3.05, 3.63) is 59.2 Å². The smallest absolute Gasteiger partial charge is 0.416 e. The van der Waals surface area contributed by atoms with Gasteiger partial charge in [-0.3, -0.25) is 9.69 Å². The summed E-state index contributed by atoms with van der Waals surface area (Å²) in [6.45, 7) is 2.27. The van der Waals surface area contributed by atoms with Gasteiger partial charge in [0.2, 0.25) is 0 Å². The lowest BCUT2D eigenvalue weighted by molar-refractivity contribution is -0.138. The summed E-state index contributed by atoms with van der Waals surface area (Å²) in [7, 11) is 1.45. The normalized spacial score (nSPS) is 14.7. The van der Waals surface area contributed by atoms with Gasteiger partial charge in [-0.15, -0.1) is 0 Å². The molecule has 1 aliphatic rings. The number of nitriles is 1. The summed E-state index contributed by atoms with van der Waals surface area (Å²) in [6.07, 6.45) is -4.36. The van der Waals surface area contributed by atoms with Gasteiger partial charge in [-0.2, -0.15) is 18.4 Å². The van der Waals surface area contributed by atoms with Crippen molar-refractivity contribution in [1.82, 2.24) is 9.80 Å². The van der Waals surface area contributed by atoms with Crippen LogP contribution in [-0.4, -0.2) is 55.6 Å². The predicted octanol–water partition coefficient (Wildman–Crippen LogP) is 3.31. The number of hydrogen-bond donors (Lipinski definition) is 0. The van der Waals surface area contributed by atoms with Crippen LogP contribution < -0.4 is 9.47 Å². The fraction of sp³-hybridized carbons (Fsp3) is 0.364.